The van der Waals surface area contributed by atoms with Crippen LogP contribution in [0.15, 0.2) is 29.0 Å². The Morgan fingerprint density at radius 1 is 1.17 bits per heavy atom. The number of hydrogen-bond donors (Lipinski definition) is 1. The molecule has 6 heteroatoms. The van der Waals surface area contributed by atoms with Gasteiger partial charge in [0, 0.05) is 29.8 Å². The zero-order valence-corrected chi connectivity index (χ0v) is 18.5. The summed E-state index contributed by atoms with van der Waals surface area (Å²) in [5.41, 5.74) is 9.36. The highest BCUT2D eigenvalue weighted by molar-refractivity contribution is 7.07. The van der Waals surface area contributed by atoms with Gasteiger partial charge in [-0.1, -0.05) is 6.42 Å². The van der Waals surface area contributed by atoms with E-state index in [1.807, 2.05) is 11.0 Å². The predicted octanol–water partition coefficient (Wildman–Crippen LogP) is 4.28. The van der Waals surface area contributed by atoms with Gasteiger partial charge in [-0.15, -0.1) is 0 Å². The van der Waals surface area contributed by atoms with Crippen molar-refractivity contribution < 1.29 is 14.3 Å². The Kier molecular flexibility index (Phi) is 7.19. The molecule has 29 heavy (non-hydrogen) atoms. The number of nitrogens with zero attached hydrogens (tertiary/aromatic N) is 1. The van der Waals surface area contributed by atoms with Crippen LogP contribution >= 0.6 is 11.3 Å². The molecule has 1 aromatic heterocycles. The number of thiophene rings is 1. The average Bonchev–Trinajstić information content (AvgIpc) is 3.23. The van der Waals surface area contributed by atoms with Gasteiger partial charge in [-0.05, 0) is 73.6 Å². The molecule has 0 fully saturated rings. The van der Waals surface area contributed by atoms with Gasteiger partial charge in [0.25, 0.3) is 5.91 Å². The normalized spacial score (nSPS) is 15.7. The Morgan fingerprint density at radius 3 is 2.69 bits per heavy atom. The predicted molar refractivity (Wildman–Crippen MR) is 118 cm³/mol. The van der Waals surface area contributed by atoms with Crippen molar-refractivity contribution in [2.45, 2.75) is 51.0 Å². The second-order valence-corrected chi connectivity index (χ2v) is 8.89. The number of hydrogen-bond acceptors (Lipinski definition) is 5. The molecule has 2 heterocycles. The molecule has 1 aliphatic rings. The number of unbranched alkanes of at least 4 members (excludes halogenated alkanes) is 1. The number of ether oxygens (including phenoxy) is 2. The number of carbonyl (C=O) groups excluding carboxylic acids is 1. The van der Waals surface area contributed by atoms with E-state index in [1.165, 1.54) is 5.56 Å². The molecule has 0 saturated carbocycles. The average molecular weight is 417 g/mol. The van der Waals surface area contributed by atoms with Crippen LogP contribution in [-0.4, -0.2) is 43.7 Å². The number of amides is 1. The fourth-order valence-corrected chi connectivity index (χ4v) is 4.68. The first-order valence-corrected chi connectivity index (χ1v) is 11.2. The zero-order valence-electron chi connectivity index (χ0n) is 17.7. The van der Waals surface area contributed by atoms with Crippen molar-refractivity contribution in [2.24, 2.45) is 5.73 Å². The first-order chi connectivity index (χ1) is 13.9. The van der Waals surface area contributed by atoms with Gasteiger partial charge in [0.05, 0.1) is 14.2 Å². The van der Waals surface area contributed by atoms with Crippen molar-refractivity contribution in [1.82, 2.24) is 4.90 Å². The Balaban J connectivity index is 1.52. The summed E-state index contributed by atoms with van der Waals surface area (Å²) >= 11 is 1.75. The van der Waals surface area contributed by atoms with Crippen molar-refractivity contribution >= 4 is 17.2 Å². The maximum atomic E-state index is 13.0. The van der Waals surface area contributed by atoms with E-state index >= 15 is 0 Å². The van der Waals surface area contributed by atoms with Gasteiger partial charge in [0.1, 0.15) is 0 Å². The highest BCUT2D eigenvalue weighted by Gasteiger charge is 2.29. The molecule has 5 nitrogen and oxygen atoms in total. The lowest BCUT2D eigenvalue weighted by Crippen LogP contribution is -2.44. The van der Waals surface area contributed by atoms with Crippen LogP contribution in [0.4, 0.5) is 0 Å². The second kappa shape index (κ2) is 9.63. The third-order valence-corrected chi connectivity index (χ3v) is 6.53. The molecule has 1 unspecified atom stereocenters. The molecular formula is C23H32N2O3S. The molecule has 1 aromatic carbocycles. The van der Waals surface area contributed by atoms with E-state index in [4.69, 9.17) is 15.2 Å². The first kappa shape index (κ1) is 21.7. The fourth-order valence-electron chi connectivity index (χ4n) is 3.98. The molecule has 1 amide bonds. The summed E-state index contributed by atoms with van der Waals surface area (Å²) in [7, 11) is 3.23. The Bertz CT molecular complexity index is 818. The van der Waals surface area contributed by atoms with Gasteiger partial charge in [-0.2, -0.15) is 11.3 Å². The van der Waals surface area contributed by atoms with Gasteiger partial charge in [0.15, 0.2) is 11.5 Å². The van der Waals surface area contributed by atoms with Crippen LogP contribution in [0.3, 0.4) is 0 Å². The minimum absolute atomic E-state index is 0.0560. The molecule has 0 aliphatic carbocycles. The number of nitrogens with two attached hydrogens (primary N) is 1. The maximum absolute atomic E-state index is 13.0. The van der Waals surface area contributed by atoms with Crippen molar-refractivity contribution in [1.29, 1.82) is 0 Å². The van der Waals surface area contributed by atoms with Crippen LogP contribution in [0.5, 0.6) is 11.5 Å². The minimum Gasteiger partial charge on any atom is -0.493 e. The molecular weight excluding hydrogens is 384 g/mol. The Labute approximate surface area is 177 Å². The van der Waals surface area contributed by atoms with Gasteiger partial charge in [-0.3, -0.25) is 4.79 Å². The lowest BCUT2D eigenvalue weighted by molar-refractivity contribution is 0.0725. The monoisotopic (exact) mass is 416 g/mol. The summed E-state index contributed by atoms with van der Waals surface area (Å²) < 4.78 is 10.9. The number of rotatable bonds is 10. The molecule has 1 atom stereocenters. The topological polar surface area (TPSA) is 64.8 Å². The Hall–Kier alpha value is -2.05. The molecule has 0 radical (unpaired) electrons. The number of fused-ring (bicyclic) bond motifs is 1. The van der Waals surface area contributed by atoms with Crippen molar-refractivity contribution in [3.8, 4) is 11.5 Å². The third kappa shape index (κ3) is 5.31. The molecule has 0 bridgehead atoms. The van der Waals surface area contributed by atoms with E-state index in [0.717, 1.165) is 44.1 Å². The lowest BCUT2D eigenvalue weighted by atomic mass is 9.90. The lowest BCUT2D eigenvalue weighted by Gasteiger charge is -2.33. The quantitative estimate of drug-likeness (QED) is 0.587. The molecule has 158 valence electrons. The summed E-state index contributed by atoms with van der Waals surface area (Å²) in [5.74, 6) is 1.40. The maximum Gasteiger partial charge on any atom is 0.254 e. The summed E-state index contributed by atoms with van der Waals surface area (Å²) in [6.07, 6.45) is 5.92. The molecule has 2 N–H and O–H groups in total. The van der Waals surface area contributed by atoms with Gasteiger partial charge >= 0.3 is 0 Å². The number of aryl methyl sites for hydroxylation is 1. The number of carbonyl (C=O) groups is 1. The summed E-state index contributed by atoms with van der Waals surface area (Å²) in [6, 6.07) is 5.84. The van der Waals surface area contributed by atoms with Gasteiger partial charge in [-0.25, -0.2) is 0 Å². The molecule has 1 aliphatic heterocycles. The van der Waals surface area contributed by atoms with E-state index in [-0.39, 0.29) is 11.4 Å². The fraction of sp³-hybridized carbons (Fsp3) is 0.522. The zero-order chi connectivity index (χ0) is 20.9. The van der Waals surface area contributed by atoms with E-state index in [0.29, 0.717) is 30.2 Å². The van der Waals surface area contributed by atoms with Crippen LogP contribution < -0.4 is 15.2 Å². The summed E-state index contributed by atoms with van der Waals surface area (Å²) in [5, 5.41) is 4.34. The number of methoxy groups -OCH3 is 2. The third-order valence-electron chi connectivity index (χ3n) is 5.79. The van der Waals surface area contributed by atoms with Crippen LogP contribution in [0.25, 0.3) is 0 Å². The van der Waals surface area contributed by atoms with Crippen molar-refractivity contribution in [3.05, 3.63) is 45.6 Å². The van der Waals surface area contributed by atoms with Crippen LogP contribution in [-0.2, 0) is 12.8 Å². The highest BCUT2D eigenvalue weighted by atomic mass is 32.1. The first-order valence-electron chi connectivity index (χ1n) is 10.3. The standard InChI is InChI=1S/C23H32N2O3S/c1-23(24,11-5-4-6-17-10-15-29-16-17)12-14-25-13-9-18-19(22(25)26)7-8-20(27-2)21(18)28-3/h7-8,10,15-16H,4-6,9,11-14,24H2,1-3H3. The van der Waals surface area contributed by atoms with Crippen molar-refractivity contribution in [2.75, 3.05) is 27.3 Å². The summed E-state index contributed by atoms with van der Waals surface area (Å²) in [4.78, 5) is 14.9. The van der Waals surface area contributed by atoms with E-state index in [2.05, 4.69) is 23.8 Å². The SMILES string of the molecule is COc1ccc2c(c1OC)CCN(CCC(C)(N)CCCCc1ccsc1)C2=O. The Morgan fingerprint density at radius 2 is 2.00 bits per heavy atom. The molecule has 0 saturated heterocycles. The molecule has 3 rings (SSSR count). The van der Waals surface area contributed by atoms with Gasteiger partial charge < -0.3 is 20.1 Å². The molecule has 0 spiro atoms. The van der Waals surface area contributed by atoms with Crippen molar-refractivity contribution in [3.63, 3.8) is 0 Å². The number of benzene rings is 1. The molecule has 2 aromatic rings. The second-order valence-electron chi connectivity index (χ2n) is 8.11. The van der Waals surface area contributed by atoms with Gasteiger partial charge in [0.2, 0.25) is 0 Å². The largest absolute Gasteiger partial charge is 0.493 e. The van der Waals surface area contributed by atoms with Crippen LogP contribution in [0, 0.1) is 0 Å². The van der Waals surface area contributed by atoms with Crippen LogP contribution in [0.2, 0.25) is 0 Å². The van der Waals surface area contributed by atoms with Crippen LogP contribution in [0.1, 0.15) is 54.1 Å². The minimum atomic E-state index is -0.257. The van der Waals surface area contributed by atoms with E-state index in [1.54, 1.807) is 31.6 Å². The summed E-state index contributed by atoms with van der Waals surface area (Å²) in [6.45, 7) is 3.47. The van der Waals surface area contributed by atoms with E-state index in [9.17, 15) is 4.79 Å². The highest BCUT2D eigenvalue weighted by Crippen LogP contribution is 2.36. The van der Waals surface area contributed by atoms with E-state index < -0.39 is 0 Å². The smallest absolute Gasteiger partial charge is 0.254 e.